The van der Waals surface area contributed by atoms with Crippen molar-refractivity contribution >= 4 is 5.97 Å². The van der Waals surface area contributed by atoms with Crippen molar-refractivity contribution in [2.75, 3.05) is 81.0 Å². The number of benzene rings is 3. The van der Waals surface area contributed by atoms with E-state index in [4.69, 9.17) is 47.4 Å². The predicted octanol–water partition coefficient (Wildman–Crippen LogP) is 2.33. The summed E-state index contributed by atoms with van der Waals surface area (Å²) in [7, 11) is 4.92. The third kappa shape index (κ3) is 7.51. The molecule has 9 heterocycles. The Morgan fingerprint density at radius 3 is 1.36 bits per heavy atom. The fourth-order valence-electron chi connectivity index (χ4n) is 15.2. The molecular formula is C56H64LiN3O13. The number of aliphatic hydroxyl groups is 1. The first-order valence-corrected chi connectivity index (χ1v) is 25.9. The maximum atomic E-state index is 13.1. The zero-order valence-corrected chi connectivity index (χ0v) is 42.6. The van der Waals surface area contributed by atoms with E-state index >= 15 is 0 Å². The van der Waals surface area contributed by atoms with Crippen LogP contribution < -0.4 is 52.4 Å². The molecule has 0 bridgehead atoms. The number of hydrogen-bond acceptors (Lipinski definition) is 16. The first-order chi connectivity index (χ1) is 35.1. The van der Waals surface area contributed by atoms with Crippen molar-refractivity contribution in [3.05, 3.63) is 105 Å². The monoisotopic (exact) mass is 993 g/mol. The van der Waals surface area contributed by atoms with Gasteiger partial charge in [0, 0.05) is 43.9 Å². The summed E-state index contributed by atoms with van der Waals surface area (Å²) >= 11 is 0. The van der Waals surface area contributed by atoms with E-state index in [1.54, 1.807) is 21.3 Å². The van der Waals surface area contributed by atoms with E-state index < -0.39 is 18.3 Å². The molecule has 9 atom stereocenters. The summed E-state index contributed by atoms with van der Waals surface area (Å²) in [5.41, 5.74) is 6.77. The Labute approximate surface area is 438 Å². The number of methoxy groups -OCH3 is 3. The second-order valence-electron chi connectivity index (χ2n) is 21.3. The molecule has 3 spiro atoms. The summed E-state index contributed by atoms with van der Waals surface area (Å²) < 4.78 is 55.8. The van der Waals surface area contributed by atoms with Crippen molar-refractivity contribution in [2.45, 2.75) is 117 Å². The molecule has 3 saturated heterocycles. The van der Waals surface area contributed by atoms with Gasteiger partial charge in [-0.3, -0.25) is 19.5 Å². The van der Waals surface area contributed by atoms with Gasteiger partial charge in [0.15, 0.2) is 40.6 Å². The third-order valence-electron chi connectivity index (χ3n) is 18.2. The van der Waals surface area contributed by atoms with Crippen LogP contribution in [0.5, 0.6) is 34.5 Å². The Balaban J connectivity index is 0.000000111. The molecule has 15 rings (SSSR count). The number of hydrogen-bond donors (Lipinski definition) is 1. The summed E-state index contributed by atoms with van der Waals surface area (Å²) in [6.07, 6.45) is 14.1. The zero-order chi connectivity index (χ0) is 49.1. The normalized spacial score (nSPS) is 32.9. The minimum Gasteiger partial charge on any atom is -0.846 e. The van der Waals surface area contributed by atoms with E-state index in [1.807, 2.05) is 6.07 Å². The van der Waals surface area contributed by atoms with Gasteiger partial charge in [0.05, 0.1) is 44.1 Å². The van der Waals surface area contributed by atoms with Crippen molar-refractivity contribution in [1.29, 1.82) is 0 Å². The van der Waals surface area contributed by atoms with E-state index in [1.165, 1.54) is 34.7 Å². The Kier molecular flexibility index (Phi) is 12.5. The molecule has 3 aromatic rings. The maximum Gasteiger partial charge on any atom is 1.00 e. The number of ether oxygens (including phenoxy) is 10. The Bertz CT molecular complexity index is 2680. The Morgan fingerprint density at radius 1 is 0.548 bits per heavy atom. The smallest absolute Gasteiger partial charge is 0.846 e. The minimum absolute atomic E-state index is 0. The molecule has 0 saturated carbocycles. The average Bonchev–Trinajstić information content (AvgIpc) is 4.26. The fourth-order valence-corrected chi connectivity index (χ4v) is 15.2. The molecular weight excluding hydrogens is 930 g/mol. The summed E-state index contributed by atoms with van der Waals surface area (Å²) in [5, 5.41) is 24.1. The number of fused-ring (bicyclic) bond motifs is 9. The van der Waals surface area contributed by atoms with E-state index in [0.717, 1.165) is 143 Å². The third-order valence-corrected chi connectivity index (χ3v) is 18.2. The topological polar surface area (TPSA) is 162 Å². The van der Waals surface area contributed by atoms with Crippen molar-refractivity contribution in [1.82, 2.24) is 14.7 Å². The van der Waals surface area contributed by atoms with Crippen molar-refractivity contribution in [3.8, 4) is 34.5 Å². The van der Waals surface area contributed by atoms with Gasteiger partial charge in [0.1, 0.15) is 17.6 Å². The first-order valence-electron chi connectivity index (χ1n) is 25.9. The van der Waals surface area contributed by atoms with Crippen LogP contribution >= 0.6 is 0 Å². The first kappa shape index (κ1) is 48.9. The second-order valence-corrected chi connectivity index (χ2v) is 21.3. The molecule has 73 heavy (non-hydrogen) atoms. The van der Waals surface area contributed by atoms with Crippen LogP contribution in [-0.2, 0) is 43.0 Å². The van der Waals surface area contributed by atoms with Gasteiger partial charge in [-0.15, -0.1) is 0 Å². The van der Waals surface area contributed by atoms with Crippen molar-refractivity contribution < 1.29 is 81.2 Å². The second kappa shape index (κ2) is 18.6. The number of carbonyl (C=O) groups is 1. The molecule has 3 aliphatic carbocycles. The van der Waals surface area contributed by atoms with Crippen LogP contribution in [-0.4, -0.2) is 142 Å². The molecule has 9 aliphatic heterocycles. The summed E-state index contributed by atoms with van der Waals surface area (Å²) in [6, 6.07) is 12.5. The Hall–Kier alpha value is -5.05. The molecule has 0 aromatic heterocycles. The molecule has 12 aliphatic rings. The van der Waals surface area contributed by atoms with Crippen LogP contribution in [0.4, 0.5) is 0 Å². The van der Waals surface area contributed by atoms with Crippen LogP contribution in [0.15, 0.2) is 71.9 Å². The van der Waals surface area contributed by atoms with Gasteiger partial charge >= 0.3 is 24.8 Å². The molecule has 3 fully saturated rings. The molecule has 16 nitrogen and oxygen atoms in total. The molecule has 0 amide bonds. The molecule has 17 heteroatoms. The molecule has 0 radical (unpaired) electrons. The summed E-state index contributed by atoms with van der Waals surface area (Å²) in [6.45, 7) is 8.41. The molecule has 9 unspecified atom stereocenters. The van der Waals surface area contributed by atoms with Gasteiger partial charge < -0.3 is 57.6 Å². The maximum absolute atomic E-state index is 13.1. The predicted molar refractivity (Wildman–Crippen MR) is 258 cm³/mol. The van der Waals surface area contributed by atoms with Gasteiger partial charge in [-0.25, -0.2) is 0 Å². The zero-order valence-electron chi connectivity index (χ0n) is 42.6. The number of carbonyl (C=O) groups excluding carboxylic acids is 1. The van der Waals surface area contributed by atoms with E-state index in [-0.39, 0.29) is 79.6 Å². The van der Waals surface area contributed by atoms with Crippen LogP contribution in [0.2, 0.25) is 0 Å². The van der Waals surface area contributed by atoms with Gasteiger partial charge in [-0.1, -0.05) is 6.10 Å². The average molecular weight is 994 g/mol. The van der Waals surface area contributed by atoms with Crippen LogP contribution in [0.3, 0.4) is 0 Å². The quantitative estimate of drug-likeness (QED) is 0.299. The summed E-state index contributed by atoms with van der Waals surface area (Å²) in [4.78, 5) is 19.4. The number of aliphatic hydroxyl groups excluding tert-OH is 1. The van der Waals surface area contributed by atoms with E-state index in [0.29, 0.717) is 11.5 Å². The van der Waals surface area contributed by atoms with Crippen LogP contribution in [0, 0.1) is 0 Å². The number of esters is 1. The van der Waals surface area contributed by atoms with Crippen molar-refractivity contribution in [2.24, 2.45) is 0 Å². The fraction of sp³-hybridized carbons (Fsp3) is 0.554. The number of rotatable bonds is 4. The van der Waals surface area contributed by atoms with Crippen molar-refractivity contribution in [3.63, 3.8) is 0 Å². The standard InChI is InChI=1S/C20H23NO5.C18H21NO4.C18H20NO4.Li/c1-12(22)26-19-17(23-2)10-20-5-3-6-21(20)7-4-13-8-15-16(25-11-24-15)9-14(13)18(19)20;2*1-21-15-9-18-4-2-5-19(18)6-3-11-7-13-14(23-10-22-13)8-12(11)16(18)17(15)20;/h8-10,18-19H,3-7,11H2,1-2H3;7-9,16-17,20H,2-6,10H2,1H3;7-9,16-17H,2-6,10H2,1H3;/q;;-1;+1. The van der Waals surface area contributed by atoms with E-state index in [2.05, 4.69) is 63.3 Å². The van der Waals surface area contributed by atoms with Gasteiger partial charge in [-0.05, 0) is 165 Å². The minimum atomic E-state index is -0.849. The summed E-state index contributed by atoms with van der Waals surface area (Å²) in [5.74, 6) is 6.45. The van der Waals surface area contributed by atoms with Gasteiger partial charge in [0.25, 0.3) is 0 Å². The Morgan fingerprint density at radius 2 is 0.918 bits per heavy atom. The van der Waals surface area contributed by atoms with Gasteiger partial charge in [-0.2, -0.15) is 0 Å². The van der Waals surface area contributed by atoms with Crippen LogP contribution in [0.1, 0.15) is 96.6 Å². The largest absolute Gasteiger partial charge is 1.00 e. The molecule has 382 valence electrons. The molecule has 3 aromatic carbocycles. The molecule has 1 N–H and O–H groups in total. The SMILES string of the molecule is COC1=CC23CCCN2CCc2cc4c(cc2C3C1O)OCO4.COC1=CC23CCCN2CCc2cc4c(cc2C3C1OC(C)=O)OCO4.COC1=CC23CCCN2CCc2cc4c(cc2C3C1[O-])OCO4.[Li+]. The number of nitrogens with zero attached hydrogens (tertiary/aromatic N) is 3. The van der Waals surface area contributed by atoms with Gasteiger partial charge in [0.2, 0.25) is 20.4 Å². The van der Waals surface area contributed by atoms with Crippen LogP contribution in [0.25, 0.3) is 0 Å². The van der Waals surface area contributed by atoms with E-state index in [9.17, 15) is 15.0 Å².